The van der Waals surface area contributed by atoms with Gasteiger partial charge in [-0.3, -0.25) is 4.90 Å². The smallest absolute Gasteiger partial charge is 0.321 e. The zero-order chi connectivity index (χ0) is 18.5. The molecule has 0 bridgehead atoms. The minimum absolute atomic E-state index is 0.0568. The molecule has 26 heavy (non-hydrogen) atoms. The first-order valence-corrected chi connectivity index (χ1v) is 10.4. The van der Waals surface area contributed by atoms with Crippen molar-refractivity contribution in [3.63, 3.8) is 0 Å². The average Bonchev–Trinajstić information content (AvgIpc) is 2.65. The molecule has 7 heteroatoms. The summed E-state index contributed by atoms with van der Waals surface area (Å²) >= 11 is 14.2. The topological polar surface area (TPSA) is 35.6 Å². The number of hydrogen-bond donors (Lipinski definition) is 1. The van der Waals surface area contributed by atoms with E-state index >= 15 is 0 Å². The maximum Gasteiger partial charge on any atom is 0.321 e. The largest absolute Gasteiger partial charge is 0.322 e. The van der Waals surface area contributed by atoms with Gasteiger partial charge >= 0.3 is 6.03 Å². The monoisotopic (exact) mass is 409 g/mol. The molecule has 4 nitrogen and oxygen atoms in total. The third-order valence-electron chi connectivity index (χ3n) is 4.42. The fraction of sp³-hybridized carbons (Fsp3) is 0.316. The molecule has 0 unspecified atom stereocenters. The van der Waals surface area contributed by atoms with E-state index in [1.165, 1.54) is 0 Å². The number of nitrogens with zero attached hydrogens (tertiary/aromatic N) is 2. The molecule has 2 amide bonds. The lowest BCUT2D eigenvalue weighted by atomic mass is 10.2. The number of anilines is 1. The van der Waals surface area contributed by atoms with Gasteiger partial charge in [0.2, 0.25) is 0 Å². The van der Waals surface area contributed by atoms with Crippen LogP contribution in [0.15, 0.2) is 47.4 Å². The molecule has 1 aliphatic rings. The highest BCUT2D eigenvalue weighted by atomic mass is 35.5. The van der Waals surface area contributed by atoms with Crippen LogP contribution in [0.2, 0.25) is 10.0 Å². The molecule has 0 spiro atoms. The number of nitrogens with one attached hydrogen (secondary N) is 1. The average molecular weight is 410 g/mol. The summed E-state index contributed by atoms with van der Waals surface area (Å²) < 4.78 is 0. The summed E-state index contributed by atoms with van der Waals surface area (Å²) in [6, 6.07) is 13.4. The van der Waals surface area contributed by atoms with Crippen LogP contribution in [-0.2, 0) is 6.54 Å². The van der Waals surface area contributed by atoms with Gasteiger partial charge in [0, 0.05) is 58.9 Å². The second kappa shape index (κ2) is 9.00. The van der Waals surface area contributed by atoms with Gasteiger partial charge in [-0.25, -0.2) is 4.79 Å². The molecule has 0 atom stereocenters. The van der Waals surface area contributed by atoms with Gasteiger partial charge in [0.15, 0.2) is 0 Å². The maximum atomic E-state index is 12.5. The molecule has 138 valence electrons. The molecular weight excluding hydrogens is 389 g/mol. The van der Waals surface area contributed by atoms with Crippen LogP contribution in [0.3, 0.4) is 0 Å². The Morgan fingerprint density at radius 1 is 1.08 bits per heavy atom. The minimum atomic E-state index is -0.0568. The Kier molecular flexibility index (Phi) is 6.70. The van der Waals surface area contributed by atoms with E-state index < -0.39 is 0 Å². The lowest BCUT2D eigenvalue weighted by Gasteiger charge is -2.35. The van der Waals surface area contributed by atoms with Gasteiger partial charge in [0.05, 0.1) is 0 Å². The van der Waals surface area contributed by atoms with Crippen LogP contribution in [0.1, 0.15) is 5.56 Å². The van der Waals surface area contributed by atoms with E-state index in [1.807, 2.05) is 53.6 Å². The third kappa shape index (κ3) is 4.86. The van der Waals surface area contributed by atoms with E-state index in [4.69, 9.17) is 23.2 Å². The first-order chi connectivity index (χ1) is 12.6. The van der Waals surface area contributed by atoms with Gasteiger partial charge in [0.25, 0.3) is 0 Å². The van der Waals surface area contributed by atoms with Crippen LogP contribution in [0, 0.1) is 0 Å². The summed E-state index contributed by atoms with van der Waals surface area (Å²) in [7, 11) is 0. The molecule has 0 aliphatic carbocycles. The molecule has 0 saturated carbocycles. The molecule has 0 radical (unpaired) electrons. The molecule has 2 aromatic carbocycles. The molecule has 2 aromatic rings. The van der Waals surface area contributed by atoms with Crippen LogP contribution < -0.4 is 5.32 Å². The van der Waals surface area contributed by atoms with E-state index in [9.17, 15) is 4.79 Å². The van der Waals surface area contributed by atoms with Crippen molar-refractivity contribution in [2.45, 2.75) is 11.4 Å². The summed E-state index contributed by atoms with van der Waals surface area (Å²) in [4.78, 5) is 17.7. The predicted molar refractivity (Wildman–Crippen MR) is 111 cm³/mol. The Morgan fingerprint density at radius 3 is 2.38 bits per heavy atom. The number of thioether (sulfide) groups is 1. The van der Waals surface area contributed by atoms with Gasteiger partial charge in [-0.1, -0.05) is 35.3 Å². The van der Waals surface area contributed by atoms with E-state index in [0.29, 0.717) is 29.7 Å². The van der Waals surface area contributed by atoms with Crippen LogP contribution in [0.25, 0.3) is 0 Å². The zero-order valence-electron chi connectivity index (χ0n) is 14.5. The van der Waals surface area contributed by atoms with Crippen molar-refractivity contribution < 1.29 is 4.79 Å². The van der Waals surface area contributed by atoms with Gasteiger partial charge in [0.1, 0.15) is 0 Å². The predicted octanol–water partition coefficient (Wildman–Crippen LogP) is 5.07. The first-order valence-electron chi connectivity index (χ1n) is 8.42. The summed E-state index contributed by atoms with van der Waals surface area (Å²) in [5.41, 5.74) is 1.77. The highest BCUT2D eigenvalue weighted by Gasteiger charge is 2.22. The van der Waals surface area contributed by atoms with Crippen molar-refractivity contribution in [1.82, 2.24) is 9.80 Å². The molecule has 1 saturated heterocycles. The molecule has 3 rings (SSSR count). The van der Waals surface area contributed by atoms with E-state index in [-0.39, 0.29) is 6.03 Å². The number of rotatable bonds is 4. The Bertz CT molecular complexity index is 759. The number of benzene rings is 2. The normalized spacial score (nSPS) is 15.1. The summed E-state index contributed by atoms with van der Waals surface area (Å²) in [5.74, 6) is 0. The molecule has 1 N–H and O–H groups in total. The highest BCUT2D eigenvalue weighted by Crippen LogP contribution is 2.26. The van der Waals surface area contributed by atoms with E-state index in [2.05, 4.69) is 10.2 Å². The SMILES string of the molecule is CSc1cccc(NC(=O)N2CCN(Cc3c(Cl)cccc3Cl)CC2)c1. The standard InChI is InChI=1S/C19H21Cl2N3OS/c1-26-15-5-2-4-14(12-15)22-19(25)24-10-8-23(9-11-24)13-16-17(20)6-3-7-18(16)21/h2-7,12H,8-11,13H2,1H3,(H,22,25). The Hall–Kier alpha value is -1.40. The first kappa shape index (κ1) is 19.4. The summed E-state index contributed by atoms with van der Waals surface area (Å²) in [6.45, 7) is 3.63. The number of amides is 2. The number of hydrogen-bond acceptors (Lipinski definition) is 3. The molecule has 1 heterocycles. The van der Waals surface area contributed by atoms with Crippen molar-refractivity contribution in [3.05, 3.63) is 58.1 Å². The van der Waals surface area contributed by atoms with Gasteiger partial charge in [-0.05, 0) is 36.6 Å². The van der Waals surface area contributed by atoms with Crippen molar-refractivity contribution in [3.8, 4) is 0 Å². The molecule has 1 fully saturated rings. The lowest BCUT2D eigenvalue weighted by Crippen LogP contribution is -2.49. The van der Waals surface area contributed by atoms with Crippen molar-refractivity contribution in [2.75, 3.05) is 37.8 Å². The third-order valence-corrected chi connectivity index (χ3v) is 5.86. The van der Waals surface area contributed by atoms with E-state index in [0.717, 1.165) is 29.2 Å². The fourth-order valence-electron chi connectivity index (χ4n) is 2.92. The highest BCUT2D eigenvalue weighted by molar-refractivity contribution is 7.98. The summed E-state index contributed by atoms with van der Waals surface area (Å²) in [5, 5.41) is 4.35. The number of carbonyl (C=O) groups excluding carboxylic acids is 1. The van der Waals surface area contributed by atoms with Crippen LogP contribution in [-0.4, -0.2) is 48.3 Å². The van der Waals surface area contributed by atoms with Gasteiger partial charge in [-0.2, -0.15) is 0 Å². The molecular formula is C19H21Cl2N3OS. The minimum Gasteiger partial charge on any atom is -0.322 e. The zero-order valence-corrected chi connectivity index (χ0v) is 16.9. The van der Waals surface area contributed by atoms with Crippen molar-refractivity contribution in [1.29, 1.82) is 0 Å². The quantitative estimate of drug-likeness (QED) is 0.716. The van der Waals surface area contributed by atoms with Gasteiger partial charge < -0.3 is 10.2 Å². The molecule has 1 aliphatic heterocycles. The Morgan fingerprint density at radius 2 is 1.73 bits per heavy atom. The second-order valence-corrected chi connectivity index (χ2v) is 7.82. The number of carbonyl (C=O) groups is 1. The van der Waals surface area contributed by atoms with E-state index in [1.54, 1.807) is 11.8 Å². The van der Waals surface area contributed by atoms with Crippen LogP contribution in [0.4, 0.5) is 10.5 Å². The number of piperazine rings is 1. The summed E-state index contributed by atoms with van der Waals surface area (Å²) in [6.07, 6.45) is 2.02. The van der Waals surface area contributed by atoms with Crippen LogP contribution in [0.5, 0.6) is 0 Å². The molecule has 0 aromatic heterocycles. The van der Waals surface area contributed by atoms with Crippen LogP contribution >= 0.6 is 35.0 Å². The number of urea groups is 1. The fourth-order valence-corrected chi connectivity index (χ4v) is 3.90. The second-order valence-electron chi connectivity index (χ2n) is 6.13. The Labute approximate surface area is 168 Å². The maximum absolute atomic E-state index is 12.5. The van der Waals surface area contributed by atoms with Crippen molar-refractivity contribution in [2.24, 2.45) is 0 Å². The van der Waals surface area contributed by atoms with Crippen molar-refractivity contribution >= 4 is 46.7 Å². The number of halogens is 2. The Balaban J connectivity index is 1.54. The van der Waals surface area contributed by atoms with Gasteiger partial charge in [-0.15, -0.1) is 11.8 Å². The lowest BCUT2D eigenvalue weighted by molar-refractivity contribution is 0.143.